The summed E-state index contributed by atoms with van der Waals surface area (Å²) in [6.07, 6.45) is 16.6. The maximum absolute atomic E-state index is 12.0. The van der Waals surface area contributed by atoms with Gasteiger partial charge in [0.05, 0.1) is 0 Å². The summed E-state index contributed by atoms with van der Waals surface area (Å²) in [6.45, 7) is 0. The molecule has 3 rings (SSSR count). The second-order valence-corrected chi connectivity index (χ2v) is 4.15. The Morgan fingerprint density at radius 3 is 1.64 bits per heavy atom. The molecule has 1 heteroatoms. The van der Waals surface area contributed by atoms with Gasteiger partial charge in [0.25, 0.3) is 0 Å². The lowest BCUT2D eigenvalue weighted by Gasteiger charge is -2.20. The third kappa shape index (κ3) is 0.926. The molecule has 0 radical (unpaired) electrons. The van der Waals surface area contributed by atoms with Gasteiger partial charge in [-0.1, -0.05) is 48.6 Å². The minimum Gasteiger partial charge on any atom is -0.298 e. The molecule has 1 nitrogen and oxygen atoms in total. The summed E-state index contributed by atoms with van der Waals surface area (Å²) in [5.41, 5.74) is 0. The van der Waals surface area contributed by atoms with Gasteiger partial charge in [0.2, 0.25) is 0 Å². The number of hydrogen-bond acceptors (Lipinski definition) is 1. The summed E-state index contributed by atoms with van der Waals surface area (Å²) in [5, 5.41) is 0. The van der Waals surface area contributed by atoms with Crippen molar-refractivity contribution in [3.63, 3.8) is 0 Å². The van der Waals surface area contributed by atoms with Crippen LogP contribution in [-0.4, -0.2) is 5.78 Å². The molecule has 2 unspecified atom stereocenters. The van der Waals surface area contributed by atoms with Gasteiger partial charge < -0.3 is 0 Å². The number of Topliss-reactive ketones (excluding diaryl/α,β-unsaturated/α-hetero) is 1. The van der Waals surface area contributed by atoms with E-state index in [9.17, 15) is 4.79 Å². The Morgan fingerprint density at radius 1 is 0.714 bits per heavy atom. The molecule has 0 aliphatic heterocycles. The highest BCUT2D eigenvalue weighted by atomic mass is 16.1. The van der Waals surface area contributed by atoms with Crippen molar-refractivity contribution in [1.82, 2.24) is 0 Å². The average Bonchev–Trinajstić information content (AvgIpc) is 2.33. The van der Waals surface area contributed by atoms with E-state index in [-0.39, 0.29) is 11.8 Å². The summed E-state index contributed by atoms with van der Waals surface area (Å²) >= 11 is 0. The third-order valence-corrected chi connectivity index (χ3v) is 3.46. The van der Waals surface area contributed by atoms with Gasteiger partial charge in [-0.3, -0.25) is 4.79 Å². The Labute approximate surface area is 83.5 Å². The molecule has 0 amide bonds. The summed E-state index contributed by atoms with van der Waals surface area (Å²) in [4.78, 5) is 12.0. The first-order valence-electron chi connectivity index (χ1n) is 5.11. The number of ketones is 1. The topological polar surface area (TPSA) is 17.1 Å². The molecular formula is C13H12O. The molecule has 0 aromatic carbocycles. The van der Waals surface area contributed by atoms with Crippen LogP contribution in [0.5, 0.6) is 0 Å². The van der Waals surface area contributed by atoms with Crippen LogP contribution in [0.1, 0.15) is 0 Å². The van der Waals surface area contributed by atoms with E-state index in [1.807, 2.05) is 24.3 Å². The van der Waals surface area contributed by atoms with E-state index in [0.29, 0.717) is 17.6 Å². The molecule has 0 saturated heterocycles. The van der Waals surface area contributed by atoms with Gasteiger partial charge >= 0.3 is 0 Å². The number of allylic oxidation sites excluding steroid dienone is 8. The van der Waals surface area contributed by atoms with Crippen molar-refractivity contribution in [3.8, 4) is 0 Å². The maximum atomic E-state index is 12.0. The number of hydrogen-bond donors (Lipinski definition) is 0. The average molecular weight is 184 g/mol. The molecule has 1 saturated carbocycles. The Morgan fingerprint density at radius 2 is 1.14 bits per heavy atom. The molecule has 0 spiro atoms. The third-order valence-electron chi connectivity index (χ3n) is 3.46. The normalized spacial score (nSPS) is 42.7. The first-order valence-corrected chi connectivity index (χ1v) is 5.11. The monoisotopic (exact) mass is 184 g/mol. The SMILES string of the molecule is O=C1C2C=CC=CC1[C@@H]1C=CC=C[C@H]21. The maximum Gasteiger partial charge on any atom is 0.147 e. The molecule has 14 heavy (non-hydrogen) atoms. The highest BCUT2D eigenvalue weighted by molar-refractivity contribution is 5.91. The molecule has 0 N–H and O–H groups in total. The first kappa shape index (κ1) is 7.98. The minimum absolute atomic E-state index is 0.112. The van der Waals surface area contributed by atoms with Crippen molar-refractivity contribution in [1.29, 1.82) is 0 Å². The van der Waals surface area contributed by atoms with Crippen molar-refractivity contribution in [2.45, 2.75) is 0 Å². The Kier molecular flexibility index (Phi) is 1.60. The fourth-order valence-corrected chi connectivity index (χ4v) is 2.78. The molecule has 0 aromatic heterocycles. The zero-order valence-electron chi connectivity index (χ0n) is 7.84. The zero-order chi connectivity index (χ0) is 9.54. The van der Waals surface area contributed by atoms with Crippen LogP contribution >= 0.6 is 0 Å². The van der Waals surface area contributed by atoms with Crippen LogP contribution in [0, 0.1) is 23.7 Å². The molecule has 0 aromatic rings. The molecule has 0 heterocycles. The molecule has 3 aliphatic carbocycles. The molecule has 1 fully saturated rings. The van der Waals surface area contributed by atoms with Gasteiger partial charge in [0.15, 0.2) is 0 Å². The van der Waals surface area contributed by atoms with Gasteiger partial charge in [-0.25, -0.2) is 0 Å². The highest BCUT2D eigenvalue weighted by Crippen LogP contribution is 2.44. The van der Waals surface area contributed by atoms with E-state index in [1.165, 1.54) is 0 Å². The number of carbonyl (C=O) groups excluding carboxylic acids is 1. The molecule has 4 atom stereocenters. The van der Waals surface area contributed by atoms with Crippen LogP contribution in [0.2, 0.25) is 0 Å². The van der Waals surface area contributed by atoms with E-state index >= 15 is 0 Å². The van der Waals surface area contributed by atoms with Crippen molar-refractivity contribution in [3.05, 3.63) is 48.6 Å². The highest BCUT2D eigenvalue weighted by Gasteiger charge is 2.46. The largest absolute Gasteiger partial charge is 0.298 e. The van der Waals surface area contributed by atoms with Crippen molar-refractivity contribution >= 4 is 5.78 Å². The summed E-state index contributed by atoms with van der Waals surface area (Å²) in [6, 6.07) is 0. The van der Waals surface area contributed by atoms with Crippen LogP contribution in [0.25, 0.3) is 0 Å². The van der Waals surface area contributed by atoms with Crippen molar-refractivity contribution < 1.29 is 4.79 Å². The van der Waals surface area contributed by atoms with Crippen LogP contribution in [-0.2, 0) is 4.79 Å². The first-order chi connectivity index (χ1) is 6.88. The smallest absolute Gasteiger partial charge is 0.147 e. The van der Waals surface area contributed by atoms with Gasteiger partial charge in [-0.15, -0.1) is 0 Å². The predicted octanol–water partition coefficient (Wildman–Crippen LogP) is 2.29. The second kappa shape index (κ2) is 2.81. The van der Waals surface area contributed by atoms with Crippen LogP contribution in [0.15, 0.2) is 48.6 Å². The number of carbonyl (C=O) groups is 1. The zero-order valence-corrected chi connectivity index (χ0v) is 7.84. The lowest BCUT2D eigenvalue weighted by atomic mass is 9.83. The molecule has 70 valence electrons. The van der Waals surface area contributed by atoms with Crippen LogP contribution in [0.4, 0.5) is 0 Å². The summed E-state index contributed by atoms with van der Waals surface area (Å²) in [5.74, 6) is 1.42. The van der Waals surface area contributed by atoms with E-state index in [1.54, 1.807) is 0 Å². The number of rotatable bonds is 0. The predicted molar refractivity (Wildman–Crippen MR) is 55.5 cm³/mol. The second-order valence-electron chi connectivity index (χ2n) is 4.15. The minimum atomic E-state index is 0.112. The van der Waals surface area contributed by atoms with Gasteiger partial charge in [0.1, 0.15) is 5.78 Å². The van der Waals surface area contributed by atoms with Gasteiger partial charge in [-0.05, 0) is 11.8 Å². The van der Waals surface area contributed by atoms with E-state index in [4.69, 9.17) is 0 Å². The Hall–Kier alpha value is -1.37. The fourth-order valence-electron chi connectivity index (χ4n) is 2.78. The van der Waals surface area contributed by atoms with Gasteiger partial charge in [-0.2, -0.15) is 0 Å². The lowest BCUT2D eigenvalue weighted by Crippen LogP contribution is -2.14. The Balaban J connectivity index is 2.09. The van der Waals surface area contributed by atoms with E-state index in [0.717, 1.165) is 0 Å². The lowest BCUT2D eigenvalue weighted by molar-refractivity contribution is -0.121. The quantitative estimate of drug-likeness (QED) is 0.564. The van der Waals surface area contributed by atoms with Crippen molar-refractivity contribution in [2.75, 3.05) is 0 Å². The summed E-state index contributed by atoms with van der Waals surface area (Å²) < 4.78 is 0. The number of fused-ring (bicyclic) bond motifs is 5. The van der Waals surface area contributed by atoms with Crippen LogP contribution in [0.3, 0.4) is 0 Å². The standard InChI is InChI=1S/C13H12O/c14-13-11-7-3-4-8-12(13)10-6-2-1-5-9(10)11/h1-12H/t9-,10+,11?,12?. The molecule has 3 aliphatic rings. The van der Waals surface area contributed by atoms with Crippen LogP contribution < -0.4 is 0 Å². The molecule has 2 bridgehead atoms. The molecular weight excluding hydrogens is 172 g/mol. The van der Waals surface area contributed by atoms with Crippen molar-refractivity contribution in [2.24, 2.45) is 23.7 Å². The van der Waals surface area contributed by atoms with E-state index < -0.39 is 0 Å². The fraction of sp³-hybridized carbons (Fsp3) is 0.308. The van der Waals surface area contributed by atoms with Gasteiger partial charge in [0, 0.05) is 11.8 Å². The van der Waals surface area contributed by atoms with E-state index in [2.05, 4.69) is 24.3 Å². The Bertz CT molecular complexity index is 348. The summed E-state index contributed by atoms with van der Waals surface area (Å²) in [7, 11) is 0.